The van der Waals surface area contributed by atoms with Crippen LogP contribution in [0.15, 0.2) is 30.9 Å². The average molecular weight is 358 g/mol. The Balaban J connectivity index is 1.48. The minimum Gasteiger partial charge on any atom is -0.323 e. The Morgan fingerprint density at radius 3 is 2.65 bits per heavy atom. The van der Waals surface area contributed by atoms with Gasteiger partial charge in [-0.05, 0) is 62.5 Å². The van der Waals surface area contributed by atoms with Crippen LogP contribution in [0, 0.1) is 28.9 Å². The summed E-state index contributed by atoms with van der Waals surface area (Å²) in [4.78, 5) is 17.3. The van der Waals surface area contributed by atoms with Gasteiger partial charge in [-0.2, -0.15) is 5.10 Å². The number of carbonyl (C=O) groups is 1. The van der Waals surface area contributed by atoms with Gasteiger partial charge in [0.15, 0.2) is 0 Å². The highest BCUT2D eigenvalue weighted by atomic mass is 19.1. The van der Waals surface area contributed by atoms with Crippen molar-refractivity contribution in [2.45, 2.75) is 44.1 Å². The van der Waals surface area contributed by atoms with E-state index in [1.807, 2.05) is 4.68 Å². The number of nitrogens with zero attached hydrogens (tertiary/aromatic N) is 3. The van der Waals surface area contributed by atoms with Gasteiger partial charge in [-0.1, -0.05) is 0 Å². The van der Waals surface area contributed by atoms with Crippen LogP contribution in [0.2, 0.25) is 0 Å². The molecule has 5 nitrogen and oxygen atoms in total. The number of benzene rings is 1. The van der Waals surface area contributed by atoms with E-state index in [9.17, 15) is 13.6 Å². The number of halogens is 2. The Labute approximate surface area is 149 Å². The zero-order chi connectivity index (χ0) is 17.9. The van der Waals surface area contributed by atoms with Gasteiger partial charge in [0.1, 0.15) is 24.3 Å². The number of carbonyl (C=O) groups excluding carboxylic acids is 1. The molecule has 4 fully saturated rings. The van der Waals surface area contributed by atoms with Crippen LogP contribution in [0.25, 0.3) is 0 Å². The van der Waals surface area contributed by atoms with Crippen molar-refractivity contribution in [3.05, 3.63) is 42.5 Å². The number of rotatable bonds is 3. The first-order chi connectivity index (χ1) is 12.5. The number of hydrogen-bond donors (Lipinski definition) is 1. The van der Waals surface area contributed by atoms with E-state index in [2.05, 4.69) is 15.4 Å². The van der Waals surface area contributed by atoms with Gasteiger partial charge in [0, 0.05) is 6.07 Å². The Morgan fingerprint density at radius 2 is 1.96 bits per heavy atom. The zero-order valence-electron chi connectivity index (χ0n) is 14.3. The van der Waals surface area contributed by atoms with E-state index in [-0.39, 0.29) is 17.1 Å². The Kier molecular flexibility index (Phi) is 3.27. The van der Waals surface area contributed by atoms with Crippen molar-refractivity contribution in [2.75, 3.05) is 5.32 Å². The molecule has 0 saturated heterocycles. The van der Waals surface area contributed by atoms with E-state index < -0.39 is 17.0 Å². The van der Waals surface area contributed by atoms with Crippen molar-refractivity contribution in [1.29, 1.82) is 0 Å². The largest absolute Gasteiger partial charge is 0.323 e. The van der Waals surface area contributed by atoms with Gasteiger partial charge >= 0.3 is 0 Å². The summed E-state index contributed by atoms with van der Waals surface area (Å²) in [6.45, 7) is 0. The summed E-state index contributed by atoms with van der Waals surface area (Å²) in [5.41, 5.74) is -0.812. The lowest BCUT2D eigenvalue weighted by atomic mass is 9.46. The number of nitrogens with one attached hydrogen (secondary N) is 1. The molecule has 26 heavy (non-hydrogen) atoms. The van der Waals surface area contributed by atoms with Crippen molar-refractivity contribution in [1.82, 2.24) is 14.8 Å². The normalized spacial score (nSPS) is 34.8. The van der Waals surface area contributed by atoms with Gasteiger partial charge in [0.05, 0.1) is 16.6 Å². The van der Waals surface area contributed by atoms with E-state index in [0.717, 1.165) is 50.3 Å². The second-order valence-corrected chi connectivity index (χ2v) is 8.38. The summed E-state index contributed by atoms with van der Waals surface area (Å²) in [5, 5.41) is 7.04. The van der Waals surface area contributed by atoms with Gasteiger partial charge < -0.3 is 5.32 Å². The van der Waals surface area contributed by atoms with Crippen molar-refractivity contribution < 1.29 is 13.6 Å². The topological polar surface area (TPSA) is 59.8 Å². The van der Waals surface area contributed by atoms with Gasteiger partial charge in [-0.15, -0.1) is 0 Å². The Bertz CT molecular complexity index is 852. The van der Waals surface area contributed by atoms with E-state index in [0.29, 0.717) is 18.3 Å². The van der Waals surface area contributed by atoms with Crippen molar-refractivity contribution in [3.63, 3.8) is 0 Å². The van der Waals surface area contributed by atoms with Crippen LogP contribution in [0.4, 0.5) is 14.5 Å². The molecule has 4 aliphatic carbocycles. The van der Waals surface area contributed by atoms with Crippen LogP contribution >= 0.6 is 0 Å². The van der Waals surface area contributed by atoms with Crippen LogP contribution < -0.4 is 5.32 Å². The highest BCUT2D eigenvalue weighted by Crippen LogP contribution is 2.64. The predicted molar refractivity (Wildman–Crippen MR) is 90.1 cm³/mol. The first-order valence-electron chi connectivity index (χ1n) is 9.10. The van der Waals surface area contributed by atoms with Crippen LogP contribution in [-0.4, -0.2) is 20.7 Å². The monoisotopic (exact) mass is 358 g/mol. The molecule has 136 valence electrons. The Hall–Kier alpha value is -2.31. The molecule has 6 rings (SSSR count). The molecule has 2 aromatic rings. The Morgan fingerprint density at radius 1 is 1.19 bits per heavy atom. The highest BCUT2D eigenvalue weighted by Gasteiger charge is 2.61. The van der Waals surface area contributed by atoms with Gasteiger partial charge in [0.2, 0.25) is 5.91 Å². The molecule has 0 unspecified atom stereocenters. The molecule has 0 aliphatic heterocycles. The number of hydrogen-bond acceptors (Lipinski definition) is 3. The molecule has 7 heteroatoms. The van der Waals surface area contributed by atoms with Crippen LogP contribution in [-0.2, 0) is 10.3 Å². The number of anilines is 1. The van der Waals surface area contributed by atoms with E-state index in [1.54, 1.807) is 6.33 Å². The highest BCUT2D eigenvalue weighted by molar-refractivity contribution is 5.95. The third kappa shape index (κ3) is 2.29. The summed E-state index contributed by atoms with van der Waals surface area (Å²) >= 11 is 0. The van der Waals surface area contributed by atoms with Gasteiger partial charge in [0.25, 0.3) is 0 Å². The van der Waals surface area contributed by atoms with Crippen LogP contribution in [0.1, 0.15) is 38.5 Å². The first-order valence-corrected chi connectivity index (χ1v) is 9.10. The van der Waals surface area contributed by atoms with Crippen LogP contribution in [0.3, 0.4) is 0 Å². The maximum atomic E-state index is 14.0. The molecule has 1 N–H and O–H groups in total. The van der Waals surface area contributed by atoms with Gasteiger partial charge in [-0.25, -0.2) is 18.4 Å². The molecular formula is C19H20F2N4O. The number of amides is 1. The smallest absolute Gasteiger partial charge is 0.230 e. The van der Waals surface area contributed by atoms with Gasteiger partial charge in [-0.3, -0.25) is 4.79 Å². The predicted octanol–water partition coefficient (Wildman–Crippen LogP) is 3.49. The second kappa shape index (κ2) is 5.34. The molecular weight excluding hydrogens is 338 g/mol. The fourth-order valence-corrected chi connectivity index (χ4v) is 6.05. The maximum absolute atomic E-state index is 14.0. The summed E-state index contributed by atoms with van der Waals surface area (Å²) in [6.07, 6.45) is 8.73. The fraction of sp³-hybridized carbons (Fsp3) is 0.526. The van der Waals surface area contributed by atoms with Crippen molar-refractivity contribution in [2.24, 2.45) is 17.3 Å². The molecule has 0 spiro atoms. The summed E-state index contributed by atoms with van der Waals surface area (Å²) in [5.74, 6) is -0.450. The maximum Gasteiger partial charge on any atom is 0.230 e. The van der Waals surface area contributed by atoms with Crippen LogP contribution in [0.5, 0.6) is 0 Å². The molecule has 4 bridgehead atoms. The quantitative estimate of drug-likeness (QED) is 0.914. The fourth-order valence-electron chi connectivity index (χ4n) is 6.05. The minimum absolute atomic E-state index is 0.0828. The average Bonchev–Trinajstić information content (AvgIpc) is 3.12. The summed E-state index contributed by atoms with van der Waals surface area (Å²) in [6, 6.07) is 3.14. The lowest BCUT2D eigenvalue weighted by Gasteiger charge is -2.60. The third-order valence-corrected chi connectivity index (χ3v) is 6.59. The molecule has 1 aromatic heterocycles. The molecule has 0 radical (unpaired) electrons. The zero-order valence-corrected chi connectivity index (χ0v) is 14.3. The lowest BCUT2D eigenvalue weighted by molar-refractivity contribution is -0.150. The second-order valence-electron chi connectivity index (χ2n) is 8.38. The molecule has 1 aromatic carbocycles. The molecule has 4 aliphatic rings. The van der Waals surface area contributed by atoms with Crippen molar-refractivity contribution >= 4 is 11.6 Å². The summed E-state index contributed by atoms with van der Waals surface area (Å²) in [7, 11) is 0. The SMILES string of the molecule is O=C(Nc1cc(F)ccc1F)C12C[C@H]3C[C@H](C1)CC(n1cncn1)(C3)C2. The van der Waals surface area contributed by atoms with Crippen molar-refractivity contribution in [3.8, 4) is 0 Å². The summed E-state index contributed by atoms with van der Waals surface area (Å²) < 4.78 is 29.4. The molecule has 2 atom stereocenters. The number of aromatic nitrogens is 3. The molecule has 4 saturated carbocycles. The van der Waals surface area contributed by atoms with E-state index in [4.69, 9.17) is 0 Å². The first kappa shape index (κ1) is 15.9. The molecule has 1 heterocycles. The van der Waals surface area contributed by atoms with E-state index in [1.165, 1.54) is 6.33 Å². The standard InChI is InChI=1S/C19H20F2N4O/c20-14-1-2-15(21)16(4-14)24-17(26)18-5-12-3-13(6-18)8-19(7-12,9-18)25-11-22-10-23-25/h1-2,4,10-13H,3,5-9H2,(H,24,26)/t12-,13-,18?,19?/m1/s1. The van der Waals surface area contributed by atoms with E-state index >= 15 is 0 Å². The third-order valence-electron chi connectivity index (χ3n) is 6.59. The minimum atomic E-state index is -0.615. The lowest BCUT2D eigenvalue weighted by Crippen LogP contribution is -2.60. The molecule has 1 amide bonds.